The van der Waals surface area contributed by atoms with E-state index in [2.05, 4.69) is 21.2 Å². The van der Waals surface area contributed by atoms with Gasteiger partial charge in [-0.15, -0.1) is 0 Å². The van der Waals surface area contributed by atoms with Crippen LogP contribution in [0.25, 0.3) is 0 Å². The Morgan fingerprint density at radius 3 is 2.48 bits per heavy atom. The summed E-state index contributed by atoms with van der Waals surface area (Å²) >= 11 is 10.2. The van der Waals surface area contributed by atoms with Crippen molar-refractivity contribution in [3.63, 3.8) is 0 Å². The first-order chi connectivity index (χ1) is 23.3. The average molecular weight is 741 g/mol. The Balaban J connectivity index is 1.43. The maximum absolute atomic E-state index is 14.9. The third-order valence-corrected chi connectivity index (χ3v) is 10.6. The number of ether oxygens (including phenoxy) is 2. The number of benzene rings is 2. The number of anilines is 1. The van der Waals surface area contributed by atoms with Crippen LogP contribution in [-0.2, 0) is 28.7 Å². The van der Waals surface area contributed by atoms with E-state index in [-0.39, 0.29) is 44.5 Å². The van der Waals surface area contributed by atoms with Gasteiger partial charge in [0.05, 0.1) is 23.2 Å². The number of carbonyl (C=O) groups is 4. The highest BCUT2D eigenvalue weighted by atomic mass is 79.9. The van der Waals surface area contributed by atoms with Crippen molar-refractivity contribution in [2.45, 2.75) is 62.4 Å². The molecular formula is C36H39BrClN3O7. The van der Waals surface area contributed by atoms with Gasteiger partial charge in [-0.3, -0.25) is 19.2 Å². The van der Waals surface area contributed by atoms with E-state index in [1.54, 1.807) is 40.1 Å². The van der Waals surface area contributed by atoms with Crippen LogP contribution in [0.5, 0.6) is 0 Å². The lowest BCUT2D eigenvalue weighted by atomic mass is 9.74. The zero-order valence-corrected chi connectivity index (χ0v) is 28.8. The molecule has 2 fully saturated rings. The molecule has 6 atom stereocenters. The second-order valence-corrected chi connectivity index (χ2v) is 13.9. The largest absolute Gasteiger partial charge is 0.455 e. The van der Waals surface area contributed by atoms with E-state index in [9.17, 15) is 24.3 Å². The summed E-state index contributed by atoms with van der Waals surface area (Å²) < 4.78 is 13.3. The molecule has 4 aliphatic heterocycles. The van der Waals surface area contributed by atoms with E-state index in [0.717, 1.165) is 12.8 Å². The van der Waals surface area contributed by atoms with Crippen molar-refractivity contribution in [2.75, 3.05) is 31.1 Å². The molecule has 3 amide bonds. The molecule has 4 aliphatic rings. The molecule has 2 aromatic rings. The molecule has 2 saturated heterocycles. The van der Waals surface area contributed by atoms with E-state index < -0.39 is 47.6 Å². The number of esters is 1. The fourth-order valence-electron chi connectivity index (χ4n) is 7.30. The zero-order valence-electron chi connectivity index (χ0n) is 26.4. The molecule has 5 bridgehead atoms. The van der Waals surface area contributed by atoms with Gasteiger partial charge in [0.25, 0.3) is 5.91 Å². The van der Waals surface area contributed by atoms with Gasteiger partial charge in [-0.05, 0) is 43.0 Å². The van der Waals surface area contributed by atoms with Gasteiger partial charge in [0.2, 0.25) is 11.8 Å². The molecule has 2 aromatic carbocycles. The van der Waals surface area contributed by atoms with Crippen molar-refractivity contribution in [2.24, 2.45) is 11.8 Å². The van der Waals surface area contributed by atoms with Crippen LogP contribution in [0.3, 0.4) is 0 Å². The summed E-state index contributed by atoms with van der Waals surface area (Å²) in [5.74, 6) is -3.63. The number of unbranched alkanes of at least 4 members (excludes halogenated alkanes) is 3. The number of allylic oxidation sites excluding steroid dienone is 1. The van der Waals surface area contributed by atoms with E-state index in [0.29, 0.717) is 40.0 Å². The maximum Gasteiger partial charge on any atom is 0.313 e. The minimum Gasteiger partial charge on any atom is -0.455 e. The quantitative estimate of drug-likeness (QED) is 0.225. The zero-order chi connectivity index (χ0) is 33.8. The second kappa shape index (κ2) is 14.9. The molecular weight excluding hydrogens is 702 g/mol. The van der Waals surface area contributed by atoms with Crippen LogP contribution < -0.4 is 10.2 Å². The Kier molecular flexibility index (Phi) is 10.7. The topological polar surface area (TPSA) is 125 Å². The third-order valence-electron chi connectivity index (χ3n) is 9.56. The number of aliphatic hydroxyl groups is 1. The Morgan fingerprint density at radius 1 is 0.958 bits per heavy atom. The number of nitrogens with one attached hydrogen (secondary N) is 1. The number of para-hydroxylation sites is 1. The smallest absolute Gasteiger partial charge is 0.313 e. The lowest BCUT2D eigenvalue weighted by Gasteiger charge is -2.36. The van der Waals surface area contributed by atoms with Gasteiger partial charge < -0.3 is 29.7 Å². The first kappa shape index (κ1) is 34.4. The minimum absolute atomic E-state index is 0.0542. The van der Waals surface area contributed by atoms with Gasteiger partial charge in [-0.2, -0.15) is 0 Å². The predicted molar refractivity (Wildman–Crippen MR) is 183 cm³/mol. The minimum atomic E-state index is -1.43. The highest BCUT2D eigenvalue weighted by Crippen LogP contribution is 2.59. The number of rotatable bonds is 8. The predicted octanol–water partition coefficient (Wildman–Crippen LogP) is 4.85. The number of halogens is 2. The van der Waals surface area contributed by atoms with Gasteiger partial charge in [-0.25, -0.2) is 0 Å². The Bertz CT molecular complexity index is 1600. The highest BCUT2D eigenvalue weighted by Gasteiger charge is 2.75. The molecule has 48 heavy (non-hydrogen) atoms. The van der Waals surface area contributed by atoms with E-state index in [4.69, 9.17) is 21.1 Å². The lowest BCUT2D eigenvalue weighted by Crippen LogP contribution is -2.56. The summed E-state index contributed by atoms with van der Waals surface area (Å²) in [5, 5.41) is 12.5. The lowest BCUT2D eigenvalue weighted by molar-refractivity contribution is -0.159. The van der Waals surface area contributed by atoms with E-state index in [1.165, 1.54) is 0 Å². The van der Waals surface area contributed by atoms with Gasteiger partial charge >= 0.3 is 5.97 Å². The monoisotopic (exact) mass is 739 g/mol. The molecule has 4 heterocycles. The van der Waals surface area contributed by atoms with Crippen molar-refractivity contribution in [1.29, 1.82) is 0 Å². The number of likely N-dealkylation sites (tertiary alicyclic amines) is 1. The van der Waals surface area contributed by atoms with Crippen molar-refractivity contribution in [3.05, 3.63) is 87.9 Å². The van der Waals surface area contributed by atoms with Gasteiger partial charge in [0.1, 0.15) is 29.8 Å². The van der Waals surface area contributed by atoms with Gasteiger partial charge in [0.15, 0.2) is 0 Å². The Hall–Kier alpha value is -3.51. The van der Waals surface area contributed by atoms with Crippen LogP contribution >= 0.6 is 27.5 Å². The fourth-order valence-corrected chi connectivity index (χ4v) is 8.27. The van der Waals surface area contributed by atoms with Crippen LogP contribution in [0.1, 0.15) is 50.2 Å². The Morgan fingerprint density at radius 2 is 1.71 bits per heavy atom. The second-order valence-electron chi connectivity index (χ2n) is 12.5. The number of carbonyl (C=O) groups excluding carboxylic acids is 4. The molecule has 12 heteroatoms. The summed E-state index contributed by atoms with van der Waals surface area (Å²) in [4.78, 5) is 59.6. The van der Waals surface area contributed by atoms with Crippen molar-refractivity contribution >= 4 is 56.9 Å². The maximum atomic E-state index is 14.9. The first-order valence-electron chi connectivity index (χ1n) is 16.5. The molecule has 10 nitrogen and oxygen atoms in total. The van der Waals surface area contributed by atoms with Crippen LogP contribution in [0.4, 0.5) is 5.69 Å². The number of aliphatic hydroxyl groups excluding tert-OH is 1. The summed E-state index contributed by atoms with van der Waals surface area (Å²) in [6.07, 6.45) is 7.20. The number of cyclic esters (lactones) is 1. The van der Waals surface area contributed by atoms with Crippen LogP contribution in [0.15, 0.2) is 77.3 Å². The standard InChI is InChI=1S/C36H39BrClN3O7/c37-24-21-36-30-29(31(24)48-36)35(46)47-27(23-13-5-3-6-14-23)22-39-28(43)17-7-4-11-18-40(26-16-9-8-15-25(26)38)34(45)32(36)41(33(30)44)19-10-1-2-12-20-42/h3-6,8-9,11,13-16,21,27,29-32,42H,1-2,7,10,12,17-20,22H2,(H,39,43)/b11-4-/t27-,29-,30+,31-,32-,36+/m0/s1. The van der Waals surface area contributed by atoms with Crippen molar-refractivity contribution < 1.29 is 33.8 Å². The van der Waals surface area contributed by atoms with E-state index in [1.807, 2.05) is 42.5 Å². The average Bonchev–Trinajstić information content (AvgIpc) is 3.68. The normalized spacial score (nSPS) is 29.8. The van der Waals surface area contributed by atoms with Crippen LogP contribution in [0.2, 0.25) is 5.02 Å². The summed E-state index contributed by atoms with van der Waals surface area (Å²) in [7, 11) is 0. The first-order valence-corrected chi connectivity index (χ1v) is 17.6. The molecule has 0 aromatic heterocycles. The molecule has 0 aliphatic carbocycles. The van der Waals surface area contributed by atoms with Gasteiger partial charge in [0, 0.05) is 30.6 Å². The molecule has 2 N–H and O–H groups in total. The third kappa shape index (κ3) is 6.57. The highest BCUT2D eigenvalue weighted by molar-refractivity contribution is 9.11. The Labute approximate surface area is 293 Å². The number of hydrogen-bond donors (Lipinski definition) is 2. The number of fused-ring (bicyclic) bond motifs is 2. The molecule has 6 rings (SSSR count). The van der Waals surface area contributed by atoms with Gasteiger partial charge in [-0.1, -0.05) is 95.0 Å². The number of hydrogen-bond acceptors (Lipinski definition) is 7. The molecule has 254 valence electrons. The summed E-state index contributed by atoms with van der Waals surface area (Å²) in [6.45, 7) is 0.542. The summed E-state index contributed by atoms with van der Waals surface area (Å²) in [6, 6.07) is 15.1. The van der Waals surface area contributed by atoms with Crippen LogP contribution in [-0.4, -0.2) is 77.7 Å². The fraction of sp³-hybridized carbons (Fsp3) is 0.444. The molecule has 0 unspecified atom stereocenters. The summed E-state index contributed by atoms with van der Waals surface area (Å²) in [5.41, 5.74) is -0.264. The van der Waals surface area contributed by atoms with Crippen molar-refractivity contribution in [3.8, 4) is 0 Å². The molecule has 0 radical (unpaired) electrons. The molecule has 1 spiro atoms. The van der Waals surface area contributed by atoms with E-state index >= 15 is 0 Å². The molecule has 0 saturated carbocycles. The van der Waals surface area contributed by atoms with Crippen LogP contribution in [0, 0.1) is 11.8 Å². The number of amides is 3. The van der Waals surface area contributed by atoms with Crippen molar-refractivity contribution in [1.82, 2.24) is 10.2 Å². The SMILES string of the molecule is O=C1CC/C=C\CN(c2ccccc2Cl)C(=O)[C@@H]2N(CCCCCCO)C(=O)[C@H]3[C@H](C(=O)O[C@H](c4ccccc4)CN1)[C@H]1O[C@@]23C=C1Br. The number of nitrogens with zero attached hydrogens (tertiary/aromatic N) is 2.